The van der Waals surface area contributed by atoms with E-state index in [1.54, 1.807) is 18.4 Å². The van der Waals surface area contributed by atoms with Crippen molar-refractivity contribution in [1.82, 2.24) is 15.6 Å². The van der Waals surface area contributed by atoms with E-state index in [0.717, 1.165) is 16.3 Å². The van der Waals surface area contributed by atoms with Gasteiger partial charge in [-0.3, -0.25) is 4.99 Å². The number of guanidine groups is 1. The lowest BCUT2D eigenvalue weighted by Crippen LogP contribution is -2.39. The van der Waals surface area contributed by atoms with Gasteiger partial charge in [0.15, 0.2) is 5.96 Å². The fraction of sp³-hybridized carbons (Fsp3) is 0.412. The normalized spacial score (nSPS) is 12.4. The van der Waals surface area contributed by atoms with Crippen molar-refractivity contribution in [3.05, 3.63) is 51.5 Å². The fourth-order valence-corrected chi connectivity index (χ4v) is 3.10. The van der Waals surface area contributed by atoms with E-state index in [0.29, 0.717) is 19.0 Å². The van der Waals surface area contributed by atoms with Crippen LogP contribution in [0.5, 0.6) is 0 Å². The Morgan fingerprint density at radius 3 is 2.50 bits per heavy atom. The lowest BCUT2D eigenvalue weighted by Gasteiger charge is -2.17. The maximum Gasteiger partial charge on any atom is 0.191 e. The van der Waals surface area contributed by atoms with Crippen molar-refractivity contribution < 1.29 is 5.11 Å². The number of aryl methyl sites for hydroxylation is 2. The van der Waals surface area contributed by atoms with E-state index >= 15 is 0 Å². The highest BCUT2D eigenvalue weighted by Gasteiger charge is 2.11. The highest BCUT2D eigenvalue weighted by molar-refractivity contribution is 14.0. The minimum absolute atomic E-state index is 0. The van der Waals surface area contributed by atoms with Crippen LogP contribution in [0.1, 0.15) is 27.1 Å². The maximum absolute atomic E-state index is 9.60. The standard InChI is InChI=1S/C17H24N4OS.HI/c1-12-13(2)23-16(21-12)10-20-17(18-3)19-9-15(11-22)14-7-5-4-6-8-14;/h4-8,15,22H,9-11H2,1-3H3,(H2,18,19,20);1H. The molecular formula is C17H25IN4OS. The van der Waals surface area contributed by atoms with Crippen LogP contribution < -0.4 is 10.6 Å². The minimum Gasteiger partial charge on any atom is -0.396 e. The molecule has 3 N–H and O–H groups in total. The third-order valence-corrected chi connectivity index (χ3v) is 4.78. The average molecular weight is 460 g/mol. The van der Waals surface area contributed by atoms with Crippen LogP contribution >= 0.6 is 35.3 Å². The predicted octanol–water partition coefficient (Wildman–Crippen LogP) is 2.82. The Labute approximate surface area is 164 Å². The molecule has 0 bridgehead atoms. The quantitative estimate of drug-likeness (QED) is 0.352. The first kappa shape index (κ1) is 20.9. The van der Waals surface area contributed by atoms with Crippen molar-refractivity contribution in [2.45, 2.75) is 26.3 Å². The summed E-state index contributed by atoms with van der Waals surface area (Å²) >= 11 is 1.70. The molecule has 0 amide bonds. The first-order valence-corrected chi connectivity index (χ1v) is 8.49. The Balaban J connectivity index is 0.00000288. The van der Waals surface area contributed by atoms with Crippen LogP contribution in [-0.4, -0.2) is 36.2 Å². The zero-order chi connectivity index (χ0) is 16.7. The first-order chi connectivity index (χ1) is 11.1. The number of nitrogens with one attached hydrogen (secondary N) is 2. The minimum atomic E-state index is 0. The maximum atomic E-state index is 9.60. The zero-order valence-corrected chi connectivity index (χ0v) is 17.4. The number of thiazole rings is 1. The van der Waals surface area contributed by atoms with Crippen LogP contribution in [0.2, 0.25) is 0 Å². The number of aliphatic hydroxyl groups excluding tert-OH is 1. The first-order valence-electron chi connectivity index (χ1n) is 7.67. The van der Waals surface area contributed by atoms with Gasteiger partial charge in [-0.25, -0.2) is 4.98 Å². The van der Waals surface area contributed by atoms with Gasteiger partial charge >= 0.3 is 0 Å². The van der Waals surface area contributed by atoms with Gasteiger partial charge in [-0.1, -0.05) is 30.3 Å². The molecule has 0 saturated heterocycles. The van der Waals surface area contributed by atoms with Gasteiger partial charge < -0.3 is 15.7 Å². The second-order valence-corrected chi connectivity index (χ2v) is 6.63. The number of aliphatic hydroxyl groups is 1. The van der Waals surface area contributed by atoms with E-state index in [4.69, 9.17) is 0 Å². The molecule has 7 heteroatoms. The Morgan fingerprint density at radius 1 is 1.25 bits per heavy atom. The molecule has 0 spiro atoms. The van der Waals surface area contributed by atoms with Gasteiger partial charge in [-0.05, 0) is 19.4 Å². The SMILES string of the molecule is CN=C(NCc1nc(C)c(C)s1)NCC(CO)c1ccccc1.I. The Morgan fingerprint density at radius 2 is 1.96 bits per heavy atom. The van der Waals surface area contributed by atoms with Crippen LogP contribution in [0.3, 0.4) is 0 Å². The Hall–Kier alpha value is -1.19. The van der Waals surface area contributed by atoms with Crippen LogP contribution in [-0.2, 0) is 6.54 Å². The molecule has 0 radical (unpaired) electrons. The molecule has 1 heterocycles. The van der Waals surface area contributed by atoms with Crippen molar-refractivity contribution in [3.63, 3.8) is 0 Å². The molecular weight excluding hydrogens is 435 g/mol. The molecule has 0 aliphatic rings. The zero-order valence-electron chi connectivity index (χ0n) is 14.2. The van der Waals surface area contributed by atoms with Crippen LogP contribution in [0.4, 0.5) is 0 Å². The predicted molar refractivity (Wildman–Crippen MR) is 111 cm³/mol. The number of rotatable bonds is 6. The molecule has 1 aromatic heterocycles. The van der Waals surface area contributed by atoms with Gasteiger partial charge in [0.05, 0.1) is 18.8 Å². The summed E-state index contributed by atoms with van der Waals surface area (Å²) in [6.45, 7) is 5.46. The molecule has 1 atom stereocenters. The summed E-state index contributed by atoms with van der Waals surface area (Å²) in [6, 6.07) is 10.00. The summed E-state index contributed by atoms with van der Waals surface area (Å²) < 4.78 is 0. The van der Waals surface area contributed by atoms with E-state index in [9.17, 15) is 5.11 Å². The van der Waals surface area contributed by atoms with Gasteiger partial charge in [0.2, 0.25) is 0 Å². The molecule has 0 saturated carbocycles. The van der Waals surface area contributed by atoms with Gasteiger partial charge in [0.1, 0.15) is 5.01 Å². The van der Waals surface area contributed by atoms with Gasteiger partial charge in [0.25, 0.3) is 0 Å². The van der Waals surface area contributed by atoms with Crippen molar-refractivity contribution >= 4 is 41.3 Å². The van der Waals surface area contributed by atoms with Crippen LogP contribution in [0, 0.1) is 13.8 Å². The van der Waals surface area contributed by atoms with E-state index in [-0.39, 0.29) is 36.5 Å². The third-order valence-electron chi connectivity index (χ3n) is 3.71. The monoisotopic (exact) mass is 460 g/mol. The molecule has 2 rings (SSSR count). The summed E-state index contributed by atoms with van der Waals surface area (Å²) in [4.78, 5) is 9.98. The second kappa shape index (κ2) is 10.6. The van der Waals surface area contributed by atoms with E-state index in [2.05, 4.69) is 27.5 Å². The third kappa shape index (κ3) is 6.03. The molecule has 1 unspecified atom stereocenters. The molecule has 132 valence electrons. The molecule has 1 aromatic carbocycles. The summed E-state index contributed by atoms with van der Waals surface area (Å²) in [7, 11) is 1.74. The number of aromatic nitrogens is 1. The molecule has 5 nitrogen and oxygen atoms in total. The smallest absolute Gasteiger partial charge is 0.191 e. The van der Waals surface area contributed by atoms with Crippen LogP contribution in [0.15, 0.2) is 35.3 Å². The summed E-state index contributed by atoms with van der Waals surface area (Å²) in [6.07, 6.45) is 0. The van der Waals surface area contributed by atoms with Crippen LogP contribution in [0.25, 0.3) is 0 Å². The Bertz CT molecular complexity index is 626. The fourth-order valence-electron chi connectivity index (χ4n) is 2.23. The van der Waals surface area contributed by atoms with Crippen molar-refractivity contribution in [2.24, 2.45) is 4.99 Å². The largest absolute Gasteiger partial charge is 0.396 e. The number of nitrogens with zero attached hydrogens (tertiary/aromatic N) is 2. The summed E-state index contributed by atoms with van der Waals surface area (Å²) in [5.41, 5.74) is 2.20. The Kier molecular flexibility index (Phi) is 9.24. The van der Waals surface area contributed by atoms with Gasteiger partial charge in [-0.2, -0.15) is 0 Å². The number of halogens is 1. The van der Waals surface area contributed by atoms with Gasteiger partial charge in [0, 0.05) is 24.4 Å². The van der Waals surface area contributed by atoms with Crippen molar-refractivity contribution in [2.75, 3.05) is 20.2 Å². The highest BCUT2D eigenvalue weighted by Crippen LogP contribution is 2.16. The van der Waals surface area contributed by atoms with Crippen molar-refractivity contribution in [1.29, 1.82) is 0 Å². The lowest BCUT2D eigenvalue weighted by molar-refractivity contribution is 0.265. The lowest BCUT2D eigenvalue weighted by atomic mass is 10.0. The molecule has 0 fully saturated rings. The number of hydrogen-bond acceptors (Lipinski definition) is 4. The van der Waals surface area contributed by atoms with Gasteiger partial charge in [-0.15, -0.1) is 35.3 Å². The molecule has 2 aromatic rings. The topological polar surface area (TPSA) is 69.5 Å². The average Bonchev–Trinajstić information content (AvgIpc) is 2.90. The number of benzene rings is 1. The van der Waals surface area contributed by atoms with E-state index in [1.807, 2.05) is 37.3 Å². The summed E-state index contributed by atoms with van der Waals surface area (Å²) in [5.74, 6) is 0.754. The molecule has 0 aliphatic carbocycles. The van der Waals surface area contributed by atoms with Crippen molar-refractivity contribution in [3.8, 4) is 0 Å². The number of aliphatic imine (C=N–C) groups is 1. The van der Waals surface area contributed by atoms with E-state index < -0.39 is 0 Å². The molecule has 24 heavy (non-hydrogen) atoms. The summed E-state index contributed by atoms with van der Waals surface area (Å²) in [5, 5.41) is 17.2. The second-order valence-electron chi connectivity index (χ2n) is 5.35. The van der Waals surface area contributed by atoms with E-state index in [1.165, 1.54) is 4.88 Å². The number of hydrogen-bond donors (Lipinski definition) is 3. The molecule has 0 aliphatic heterocycles. The highest BCUT2D eigenvalue weighted by atomic mass is 127.